The summed E-state index contributed by atoms with van der Waals surface area (Å²) in [4.78, 5) is 21.3. The number of hydrogen-bond acceptors (Lipinski definition) is 5. The highest BCUT2D eigenvalue weighted by Gasteiger charge is 2.25. The second-order valence-electron chi connectivity index (χ2n) is 4.33. The standard InChI is InChI=1S/C11H18N4O4/c1-4-8-9(15(18)19)10(14(3)13-8)12-6-5-7(2)11(16)17/h7,12H,4-6H2,1-3H3,(H,16,17). The fourth-order valence-electron chi connectivity index (χ4n) is 1.73. The van der Waals surface area contributed by atoms with Crippen molar-refractivity contribution in [3.63, 3.8) is 0 Å². The summed E-state index contributed by atoms with van der Waals surface area (Å²) in [5.74, 6) is -1.06. The molecule has 0 aromatic carbocycles. The van der Waals surface area contributed by atoms with E-state index in [0.29, 0.717) is 30.9 Å². The monoisotopic (exact) mass is 270 g/mol. The van der Waals surface area contributed by atoms with Gasteiger partial charge in [0.25, 0.3) is 0 Å². The lowest BCUT2D eigenvalue weighted by Crippen LogP contribution is -2.16. The third kappa shape index (κ3) is 3.43. The minimum absolute atomic E-state index is 0.0343. The maximum Gasteiger partial charge on any atom is 0.333 e. The van der Waals surface area contributed by atoms with Gasteiger partial charge in [-0.15, -0.1) is 0 Å². The van der Waals surface area contributed by atoms with Crippen molar-refractivity contribution >= 4 is 17.5 Å². The molecule has 1 unspecified atom stereocenters. The third-order valence-electron chi connectivity index (χ3n) is 2.90. The Labute approximate surface area is 110 Å². The van der Waals surface area contributed by atoms with Crippen LogP contribution in [-0.4, -0.2) is 32.3 Å². The van der Waals surface area contributed by atoms with E-state index in [9.17, 15) is 14.9 Å². The van der Waals surface area contributed by atoms with E-state index in [2.05, 4.69) is 10.4 Å². The van der Waals surface area contributed by atoms with Crippen molar-refractivity contribution in [3.05, 3.63) is 15.8 Å². The Bertz CT molecular complexity index is 483. The largest absolute Gasteiger partial charge is 0.481 e. The first-order chi connectivity index (χ1) is 8.88. The first-order valence-corrected chi connectivity index (χ1v) is 6.05. The van der Waals surface area contributed by atoms with Gasteiger partial charge in [-0.2, -0.15) is 5.10 Å². The van der Waals surface area contributed by atoms with Crippen LogP contribution in [0.15, 0.2) is 0 Å². The number of hydrogen-bond donors (Lipinski definition) is 2. The van der Waals surface area contributed by atoms with Gasteiger partial charge in [-0.3, -0.25) is 14.9 Å². The highest BCUT2D eigenvalue weighted by Crippen LogP contribution is 2.28. The zero-order valence-corrected chi connectivity index (χ0v) is 11.2. The van der Waals surface area contributed by atoms with Crippen molar-refractivity contribution in [2.45, 2.75) is 26.7 Å². The van der Waals surface area contributed by atoms with Gasteiger partial charge in [-0.1, -0.05) is 13.8 Å². The van der Waals surface area contributed by atoms with Crippen molar-refractivity contribution in [1.29, 1.82) is 0 Å². The predicted octanol–water partition coefficient (Wildman–Crippen LogP) is 1.41. The van der Waals surface area contributed by atoms with Crippen molar-refractivity contribution < 1.29 is 14.8 Å². The number of carboxylic acids is 1. The SMILES string of the molecule is CCc1nn(C)c(NCCC(C)C(=O)O)c1[N+](=O)[O-]. The van der Waals surface area contributed by atoms with E-state index in [0.717, 1.165) is 0 Å². The summed E-state index contributed by atoms with van der Waals surface area (Å²) < 4.78 is 1.42. The van der Waals surface area contributed by atoms with Crippen LogP contribution in [0.25, 0.3) is 0 Å². The van der Waals surface area contributed by atoms with Crippen molar-refractivity contribution in [2.24, 2.45) is 13.0 Å². The van der Waals surface area contributed by atoms with Crippen molar-refractivity contribution in [1.82, 2.24) is 9.78 Å². The molecule has 8 nitrogen and oxygen atoms in total. The fraction of sp³-hybridized carbons (Fsp3) is 0.636. The van der Waals surface area contributed by atoms with Crippen LogP contribution in [0.2, 0.25) is 0 Å². The maximum atomic E-state index is 11.0. The van der Waals surface area contributed by atoms with Gasteiger partial charge in [0.2, 0.25) is 5.82 Å². The number of rotatable bonds is 7. The van der Waals surface area contributed by atoms with Gasteiger partial charge in [0.15, 0.2) is 0 Å². The van der Waals surface area contributed by atoms with Crippen LogP contribution in [-0.2, 0) is 18.3 Å². The number of carboxylic acid groups (broad SMARTS) is 1. The molecule has 0 aliphatic carbocycles. The number of nitrogens with zero attached hydrogens (tertiary/aromatic N) is 3. The Balaban J connectivity index is 2.80. The Morgan fingerprint density at radius 1 is 1.63 bits per heavy atom. The Kier molecular flexibility index (Phi) is 4.85. The molecule has 0 aliphatic heterocycles. The van der Waals surface area contributed by atoms with Crippen LogP contribution in [0.3, 0.4) is 0 Å². The van der Waals surface area contributed by atoms with Crippen LogP contribution < -0.4 is 5.32 Å². The lowest BCUT2D eigenvalue weighted by atomic mass is 10.1. The van der Waals surface area contributed by atoms with E-state index in [4.69, 9.17) is 5.11 Å². The molecular weight excluding hydrogens is 252 g/mol. The fourth-order valence-corrected chi connectivity index (χ4v) is 1.73. The molecule has 1 atom stereocenters. The lowest BCUT2D eigenvalue weighted by molar-refractivity contribution is -0.384. The summed E-state index contributed by atoms with van der Waals surface area (Å²) >= 11 is 0. The summed E-state index contributed by atoms with van der Waals surface area (Å²) in [6.45, 7) is 3.74. The molecular formula is C11H18N4O4. The zero-order chi connectivity index (χ0) is 14.6. The van der Waals surface area contributed by atoms with Crippen LogP contribution in [0.1, 0.15) is 26.0 Å². The summed E-state index contributed by atoms with van der Waals surface area (Å²) in [6.07, 6.45) is 0.858. The first kappa shape index (κ1) is 14.9. The smallest absolute Gasteiger partial charge is 0.333 e. The van der Waals surface area contributed by atoms with Gasteiger partial charge >= 0.3 is 11.7 Å². The molecule has 0 bridgehead atoms. The molecule has 1 aromatic heterocycles. The normalized spacial score (nSPS) is 12.2. The van der Waals surface area contributed by atoms with Crippen molar-refractivity contribution in [2.75, 3.05) is 11.9 Å². The summed E-state index contributed by atoms with van der Waals surface area (Å²) in [7, 11) is 1.62. The lowest BCUT2D eigenvalue weighted by Gasteiger charge is -2.08. The van der Waals surface area contributed by atoms with Crippen LogP contribution in [0.4, 0.5) is 11.5 Å². The molecule has 0 saturated carbocycles. The predicted molar refractivity (Wildman–Crippen MR) is 69.1 cm³/mol. The number of carbonyl (C=O) groups is 1. The Morgan fingerprint density at radius 3 is 2.74 bits per heavy atom. The Hall–Kier alpha value is -2.12. The third-order valence-corrected chi connectivity index (χ3v) is 2.90. The molecule has 0 saturated heterocycles. The molecule has 19 heavy (non-hydrogen) atoms. The summed E-state index contributed by atoms with van der Waals surface area (Å²) in [5.41, 5.74) is 0.384. The molecule has 1 aromatic rings. The molecule has 0 aliphatic rings. The average Bonchev–Trinajstić information content (AvgIpc) is 2.65. The highest BCUT2D eigenvalue weighted by atomic mass is 16.6. The van der Waals surface area contributed by atoms with Gasteiger partial charge in [0.1, 0.15) is 5.69 Å². The second-order valence-corrected chi connectivity index (χ2v) is 4.33. The molecule has 8 heteroatoms. The summed E-state index contributed by atoms with van der Waals surface area (Å²) in [6, 6.07) is 0. The Morgan fingerprint density at radius 2 is 2.26 bits per heavy atom. The quantitative estimate of drug-likeness (QED) is 0.572. The van der Waals surface area contributed by atoms with Gasteiger partial charge in [0.05, 0.1) is 10.8 Å². The second kappa shape index (κ2) is 6.17. The molecule has 1 rings (SSSR count). The van der Waals surface area contributed by atoms with E-state index < -0.39 is 16.8 Å². The first-order valence-electron chi connectivity index (χ1n) is 6.05. The molecule has 1 heterocycles. The summed E-state index contributed by atoms with van der Waals surface area (Å²) in [5, 5.41) is 26.8. The van der Waals surface area contributed by atoms with E-state index in [1.54, 1.807) is 20.9 Å². The van der Waals surface area contributed by atoms with Crippen LogP contribution in [0, 0.1) is 16.0 Å². The van der Waals surface area contributed by atoms with Crippen molar-refractivity contribution in [3.8, 4) is 0 Å². The van der Waals surface area contributed by atoms with E-state index in [1.165, 1.54) is 4.68 Å². The molecule has 0 amide bonds. The van der Waals surface area contributed by atoms with E-state index in [1.807, 2.05) is 0 Å². The van der Waals surface area contributed by atoms with Gasteiger partial charge in [0, 0.05) is 13.6 Å². The molecule has 0 radical (unpaired) electrons. The molecule has 0 fully saturated rings. The highest BCUT2D eigenvalue weighted by molar-refractivity contribution is 5.69. The number of anilines is 1. The number of aromatic nitrogens is 2. The van der Waals surface area contributed by atoms with E-state index in [-0.39, 0.29) is 5.69 Å². The van der Waals surface area contributed by atoms with Gasteiger partial charge in [-0.25, -0.2) is 4.68 Å². The molecule has 2 N–H and O–H groups in total. The van der Waals surface area contributed by atoms with Crippen LogP contribution in [0.5, 0.6) is 0 Å². The number of nitrogens with one attached hydrogen (secondary N) is 1. The van der Waals surface area contributed by atoms with E-state index >= 15 is 0 Å². The average molecular weight is 270 g/mol. The van der Waals surface area contributed by atoms with Crippen LogP contribution >= 0.6 is 0 Å². The number of aryl methyl sites for hydroxylation is 2. The molecule has 106 valence electrons. The minimum atomic E-state index is -0.879. The number of aliphatic carboxylic acids is 1. The molecule has 0 spiro atoms. The minimum Gasteiger partial charge on any atom is -0.481 e. The van der Waals surface area contributed by atoms with Gasteiger partial charge < -0.3 is 10.4 Å². The zero-order valence-electron chi connectivity index (χ0n) is 11.2. The maximum absolute atomic E-state index is 11.0. The van der Waals surface area contributed by atoms with Gasteiger partial charge in [-0.05, 0) is 12.8 Å². The number of nitro groups is 1. The topological polar surface area (TPSA) is 110 Å².